The predicted molar refractivity (Wildman–Crippen MR) is 51.1 cm³/mol. The molecule has 2 rings (SSSR count). The van der Waals surface area contributed by atoms with Gasteiger partial charge in [-0.2, -0.15) is 0 Å². The largest absolute Gasteiger partial charge is 0.506 e. The Morgan fingerprint density at radius 2 is 2.00 bits per heavy atom. The highest BCUT2D eigenvalue weighted by Gasteiger charge is 2.58. The topological polar surface area (TPSA) is 93.1 Å². The van der Waals surface area contributed by atoms with Gasteiger partial charge in [0.15, 0.2) is 11.7 Å². The van der Waals surface area contributed by atoms with Gasteiger partial charge in [0.25, 0.3) is 0 Å². The third-order valence-electron chi connectivity index (χ3n) is 3.34. The van der Waals surface area contributed by atoms with Gasteiger partial charge in [-0.1, -0.05) is 12.2 Å². The minimum absolute atomic E-state index is 0.0922. The normalized spacial score (nSPS) is 39.7. The number of rotatable bonds is 2. The van der Waals surface area contributed by atoms with Crippen LogP contribution in [0.3, 0.4) is 0 Å². The van der Waals surface area contributed by atoms with Crippen LogP contribution in [-0.2, 0) is 9.47 Å². The number of hydrogen-bond donors (Lipinski definition) is 2. The smallest absolute Gasteiger partial charge is 0.450 e. The predicted octanol–water partition coefficient (Wildman–Crippen LogP) is 1.71. The highest BCUT2D eigenvalue weighted by atomic mass is 16.7. The summed E-state index contributed by atoms with van der Waals surface area (Å²) in [5.74, 6) is -0.205. The molecule has 0 spiro atoms. The molecule has 2 N–H and O–H groups in total. The van der Waals surface area contributed by atoms with Crippen molar-refractivity contribution in [2.24, 2.45) is 11.8 Å². The SMILES string of the molecule is CC1(OC(=O)O)C2C=CC(C2)C1OC(=O)O. The maximum absolute atomic E-state index is 10.6. The maximum atomic E-state index is 10.6. The summed E-state index contributed by atoms with van der Waals surface area (Å²) in [5.41, 5.74) is -1.11. The van der Waals surface area contributed by atoms with Gasteiger partial charge in [-0.3, -0.25) is 0 Å². The van der Waals surface area contributed by atoms with E-state index in [0.717, 1.165) is 0 Å². The molecular weight excluding hydrogens is 216 g/mol. The summed E-state index contributed by atoms with van der Waals surface area (Å²) in [6.45, 7) is 1.57. The van der Waals surface area contributed by atoms with Crippen LogP contribution in [0.5, 0.6) is 0 Å². The Labute approximate surface area is 91.5 Å². The quantitative estimate of drug-likeness (QED) is 0.552. The lowest BCUT2D eigenvalue weighted by atomic mass is 9.87. The Kier molecular flexibility index (Phi) is 2.29. The fourth-order valence-corrected chi connectivity index (χ4v) is 2.65. The average molecular weight is 228 g/mol. The summed E-state index contributed by atoms with van der Waals surface area (Å²) in [6.07, 6.45) is 0.798. The van der Waals surface area contributed by atoms with E-state index in [0.29, 0.717) is 6.42 Å². The molecule has 2 aliphatic carbocycles. The van der Waals surface area contributed by atoms with Crippen LogP contribution in [0.2, 0.25) is 0 Å². The van der Waals surface area contributed by atoms with Crippen LogP contribution < -0.4 is 0 Å². The molecule has 1 saturated carbocycles. The van der Waals surface area contributed by atoms with Crippen molar-refractivity contribution in [2.75, 3.05) is 0 Å². The van der Waals surface area contributed by atoms with Gasteiger partial charge in [-0.05, 0) is 13.3 Å². The van der Waals surface area contributed by atoms with Gasteiger partial charge in [-0.15, -0.1) is 0 Å². The molecule has 0 amide bonds. The Morgan fingerprint density at radius 3 is 2.56 bits per heavy atom. The lowest BCUT2D eigenvalue weighted by molar-refractivity contribution is -0.103. The summed E-state index contributed by atoms with van der Waals surface area (Å²) < 4.78 is 9.56. The van der Waals surface area contributed by atoms with E-state index in [9.17, 15) is 9.59 Å². The molecule has 0 radical (unpaired) electrons. The van der Waals surface area contributed by atoms with Crippen molar-refractivity contribution in [1.82, 2.24) is 0 Å². The first-order chi connectivity index (χ1) is 7.43. The second kappa shape index (κ2) is 3.40. The zero-order valence-electron chi connectivity index (χ0n) is 8.62. The molecule has 6 nitrogen and oxygen atoms in total. The van der Waals surface area contributed by atoms with Crippen molar-refractivity contribution in [2.45, 2.75) is 25.0 Å². The molecule has 2 aliphatic rings. The third kappa shape index (κ3) is 1.50. The molecule has 1 fully saturated rings. The van der Waals surface area contributed by atoms with Crippen LogP contribution in [-0.4, -0.2) is 34.2 Å². The zero-order valence-corrected chi connectivity index (χ0v) is 8.62. The summed E-state index contributed by atoms with van der Waals surface area (Å²) in [5, 5.41) is 17.3. The summed E-state index contributed by atoms with van der Waals surface area (Å²) in [7, 11) is 0. The van der Waals surface area contributed by atoms with Gasteiger partial charge in [0, 0.05) is 11.8 Å². The fraction of sp³-hybridized carbons (Fsp3) is 0.600. The molecule has 2 bridgehead atoms. The Hall–Kier alpha value is -1.72. The lowest BCUT2D eigenvalue weighted by Crippen LogP contribution is -2.48. The highest BCUT2D eigenvalue weighted by molar-refractivity contribution is 5.60. The molecule has 4 unspecified atom stereocenters. The molecule has 88 valence electrons. The molecule has 16 heavy (non-hydrogen) atoms. The van der Waals surface area contributed by atoms with E-state index in [1.165, 1.54) is 0 Å². The van der Waals surface area contributed by atoms with Crippen molar-refractivity contribution in [3.63, 3.8) is 0 Å². The highest BCUT2D eigenvalue weighted by Crippen LogP contribution is 2.49. The Balaban J connectivity index is 2.23. The molecule has 0 aromatic heterocycles. The van der Waals surface area contributed by atoms with E-state index < -0.39 is 24.0 Å². The summed E-state index contributed by atoms with van der Waals surface area (Å²) in [4.78, 5) is 21.2. The van der Waals surface area contributed by atoms with E-state index in [-0.39, 0.29) is 11.8 Å². The number of carbonyl (C=O) groups is 2. The van der Waals surface area contributed by atoms with Crippen LogP contribution >= 0.6 is 0 Å². The van der Waals surface area contributed by atoms with Crippen LogP contribution in [0.4, 0.5) is 9.59 Å². The minimum atomic E-state index is -1.41. The molecule has 0 aliphatic heterocycles. The molecule has 6 heteroatoms. The molecular formula is C10H12O6. The zero-order chi connectivity index (χ0) is 11.9. The van der Waals surface area contributed by atoms with E-state index in [4.69, 9.17) is 19.7 Å². The van der Waals surface area contributed by atoms with Crippen molar-refractivity contribution in [3.05, 3.63) is 12.2 Å². The van der Waals surface area contributed by atoms with Crippen LogP contribution in [0.15, 0.2) is 12.2 Å². The van der Waals surface area contributed by atoms with Gasteiger partial charge in [0.2, 0.25) is 0 Å². The average Bonchev–Trinajstić information content (AvgIpc) is 2.67. The van der Waals surface area contributed by atoms with Crippen LogP contribution in [0.1, 0.15) is 13.3 Å². The van der Waals surface area contributed by atoms with Crippen LogP contribution in [0.25, 0.3) is 0 Å². The second-order valence-electron chi connectivity index (χ2n) is 4.25. The second-order valence-corrected chi connectivity index (χ2v) is 4.25. The van der Waals surface area contributed by atoms with Crippen molar-refractivity contribution >= 4 is 12.3 Å². The lowest BCUT2D eigenvalue weighted by Gasteiger charge is -2.35. The van der Waals surface area contributed by atoms with Crippen molar-refractivity contribution in [3.8, 4) is 0 Å². The number of hydrogen-bond acceptors (Lipinski definition) is 4. The van der Waals surface area contributed by atoms with Gasteiger partial charge in [0.1, 0.15) is 0 Å². The maximum Gasteiger partial charge on any atom is 0.506 e. The van der Waals surface area contributed by atoms with E-state index in [2.05, 4.69) is 0 Å². The van der Waals surface area contributed by atoms with E-state index >= 15 is 0 Å². The van der Waals surface area contributed by atoms with Gasteiger partial charge in [-0.25, -0.2) is 9.59 Å². The number of fused-ring (bicyclic) bond motifs is 2. The molecule has 0 aromatic rings. The first-order valence-corrected chi connectivity index (χ1v) is 4.93. The van der Waals surface area contributed by atoms with Crippen molar-refractivity contribution < 1.29 is 29.3 Å². The Morgan fingerprint density at radius 1 is 1.31 bits per heavy atom. The van der Waals surface area contributed by atoms with Crippen molar-refractivity contribution in [1.29, 1.82) is 0 Å². The summed E-state index contributed by atoms with van der Waals surface area (Å²) in [6, 6.07) is 0. The monoisotopic (exact) mass is 228 g/mol. The minimum Gasteiger partial charge on any atom is -0.450 e. The first kappa shape index (κ1) is 10.8. The third-order valence-corrected chi connectivity index (χ3v) is 3.34. The molecule has 0 heterocycles. The fourth-order valence-electron chi connectivity index (χ4n) is 2.65. The Bertz CT molecular complexity index is 362. The molecule has 4 atom stereocenters. The van der Waals surface area contributed by atoms with Gasteiger partial charge in [0.05, 0.1) is 0 Å². The van der Waals surface area contributed by atoms with Gasteiger partial charge >= 0.3 is 12.3 Å². The van der Waals surface area contributed by atoms with Crippen LogP contribution in [0, 0.1) is 11.8 Å². The molecule has 0 aromatic carbocycles. The standard InChI is InChI=1S/C10H12O6/c1-10(16-9(13)14)6-3-2-5(4-6)7(10)15-8(11)12/h2-3,5-7H,4H2,1H3,(H,11,12)(H,13,14). The first-order valence-electron chi connectivity index (χ1n) is 4.93. The summed E-state index contributed by atoms with van der Waals surface area (Å²) >= 11 is 0. The van der Waals surface area contributed by atoms with E-state index in [1.807, 2.05) is 12.2 Å². The number of carboxylic acid groups (broad SMARTS) is 2. The van der Waals surface area contributed by atoms with Gasteiger partial charge < -0.3 is 19.7 Å². The van der Waals surface area contributed by atoms with E-state index in [1.54, 1.807) is 6.92 Å². The molecule has 0 saturated heterocycles. The number of ether oxygens (including phenoxy) is 2.